The fourth-order valence-corrected chi connectivity index (χ4v) is 8.73. The largest absolute Gasteiger partial charge is 0.461 e. The first-order valence-electron chi connectivity index (χ1n) is 11.9. The third-order valence-corrected chi connectivity index (χ3v) is 9.89. The molecule has 0 bridgehead atoms. The van der Waals surface area contributed by atoms with Gasteiger partial charge in [-0.05, 0) is 38.0 Å². The topological polar surface area (TPSA) is 87.2 Å². The molecule has 4 aliphatic rings. The van der Waals surface area contributed by atoms with Crippen molar-refractivity contribution in [2.75, 3.05) is 24.7 Å². The van der Waals surface area contributed by atoms with E-state index in [1.165, 1.54) is 16.7 Å². The summed E-state index contributed by atoms with van der Waals surface area (Å²) in [5, 5.41) is 10.6. The molecule has 186 valence electrons. The number of hydrogen-bond donors (Lipinski definition) is 1. The molecule has 4 aliphatic heterocycles. The van der Waals surface area contributed by atoms with Crippen molar-refractivity contribution in [1.29, 1.82) is 0 Å². The Hall–Kier alpha value is -2.29. The number of thioether (sulfide) groups is 1. The van der Waals surface area contributed by atoms with E-state index < -0.39 is 39.4 Å². The first-order valence-corrected chi connectivity index (χ1v) is 13.1. The quantitative estimate of drug-likeness (QED) is 0.489. The highest BCUT2D eigenvalue weighted by Crippen LogP contribution is 2.65. The van der Waals surface area contributed by atoms with Gasteiger partial charge in [0, 0.05) is 11.3 Å². The highest BCUT2D eigenvalue weighted by molar-refractivity contribution is 8.02. The maximum absolute atomic E-state index is 14.4. The van der Waals surface area contributed by atoms with Crippen LogP contribution in [0.15, 0.2) is 42.5 Å². The van der Waals surface area contributed by atoms with Crippen molar-refractivity contribution >= 4 is 46.8 Å². The minimum Gasteiger partial charge on any atom is -0.461 e. The number of nitrogens with zero attached hydrogens (tertiary/aromatic N) is 2. The van der Waals surface area contributed by atoms with Gasteiger partial charge in [0.1, 0.15) is 12.6 Å². The van der Waals surface area contributed by atoms with Crippen LogP contribution in [-0.4, -0.2) is 69.1 Å². The Balaban J connectivity index is 1.71. The Labute approximate surface area is 214 Å². The molecule has 2 amide bonds. The lowest BCUT2D eigenvalue weighted by atomic mass is 9.75. The number of cyclic esters (lactones) is 1. The molecule has 0 saturated carbocycles. The highest BCUT2D eigenvalue weighted by atomic mass is 35.5. The number of carbonyl (C=O) groups is 3. The standard InChI is InChI=1S/C26H29ClN2O5S/c1-4-16(14-30)29-21-23(32)28(20-15(2)8-5-9-17(20)27)12-6-11-26(21)18(22(29)31)19-24(33)34-13-7-10-25(19,3)35-26/h5-11,16,18-19,21,30H,4,12-14H2,1-3H3/t16-,18-,19+,21?,25-,26-/m0/s1. The number of aliphatic hydroxyl groups is 1. The monoisotopic (exact) mass is 516 g/mol. The number of rotatable bonds is 4. The molecule has 1 aromatic carbocycles. The zero-order valence-corrected chi connectivity index (χ0v) is 21.5. The molecular weight excluding hydrogens is 488 g/mol. The maximum atomic E-state index is 14.4. The number of hydrogen-bond acceptors (Lipinski definition) is 6. The van der Waals surface area contributed by atoms with Crippen LogP contribution in [0, 0.1) is 18.8 Å². The van der Waals surface area contributed by atoms with Gasteiger partial charge in [-0.2, -0.15) is 0 Å². The van der Waals surface area contributed by atoms with Gasteiger partial charge in [0.25, 0.3) is 5.91 Å². The molecule has 0 aliphatic carbocycles. The van der Waals surface area contributed by atoms with Crippen molar-refractivity contribution in [3.8, 4) is 0 Å². The summed E-state index contributed by atoms with van der Waals surface area (Å²) in [4.78, 5) is 44.9. The number of carbonyl (C=O) groups excluding carboxylic acids is 3. The summed E-state index contributed by atoms with van der Waals surface area (Å²) < 4.78 is 3.75. The van der Waals surface area contributed by atoms with Gasteiger partial charge >= 0.3 is 5.97 Å². The van der Waals surface area contributed by atoms with Gasteiger partial charge in [-0.3, -0.25) is 14.4 Å². The van der Waals surface area contributed by atoms with Crippen LogP contribution >= 0.6 is 23.4 Å². The molecule has 1 unspecified atom stereocenters. The number of likely N-dealkylation sites (tertiary alicyclic amines) is 1. The lowest BCUT2D eigenvalue weighted by Gasteiger charge is -2.39. The second-order valence-electron chi connectivity index (χ2n) is 9.78. The summed E-state index contributed by atoms with van der Waals surface area (Å²) in [6, 6.07) is 4.02. The van der Waals surface area contributed by atoms with Crippen LogP contribution in [0.3, 0.4) is 0 Å². The minimum absolute atomic E-state index is 0.162. The summed E-state index contributed by atoms with van der Waals surface area (Å²) in [6.07, 6.45) is 8.07. The average molecular weight is 517 g/mol. The Bertz CT molecular complexity index is 1130. The number of amides is 2. The number of benzene rings is 1. The predicted octanol–water partition coefficient (Wildman–Crippen LogP) is 3.12. The molecule has 9 heteroatoms. The van der Waals surface area contributed by atoms with Gasteiger partial charge in [0.2, 0.25) is 5.91 Å². The van der Waals surface area contributed by atoms with Crippen LogP contribution in [0.1, 0.15) is 25.8 Å². The number of halogens is 1. The fraction of sp³-hybridized carbons (Fsp3) is 0.500. The second kappa shape index (κ2) is 8.68. The predicted molar refractivity (Wildman–Crippen MR) is 135 cm³/mol. The van der Waals surface area contributed by atoms with E-state index in [9.17, 15) is 19.5 Å². The van der Waals surface area contributed by atoms with Crippen LogP contribution in [0.5, 0.6) is 0 Å². The van der Waals surface area contributed by atoms with Crippen LogP contribution in [0.25, 0.3) is 0 Å². The van der Waals surface area contributed by atoms with E-state index in [1.54, 1.807) is 11.0 Å². The van der Waals surface area contributed by atoms with E-state index in [-0.39, 0.29) is 31.6 Å². The summed E-state index contributed by atoms with van der Waals surface area (Å²) in [6.45, 7) is 5.88. The van der Waals surface area contributed by atoms with Crippen LogP contribution in [0.2, 0.25) is 5.02 Å². The van der Waals surface area contributed by atoms with Crippen LogP contribution in [-0.2, 0) is 19.1 Å². The Morgan fingerprint density at radius 3 is 2.66 bits per heavy atom. The van der Waals surface area contributed by atoms with E-state index in [1.807, 2.05) is 57.2 Å². The number of ether oxygens (including phenoxy) is 1. The molecule has 7 nitrogen and oxygen atoms in total. The molecule has 1 aromatic rings. The van der Waals surface area contributed by atoms with E-state index in [0.717, 1.165) is 5.56 Å². The smallest absolute Gasteiger partial charge is 0.311 e. The summed E-state index contributed by atoms with van der Waals surface area (Å²) in [5.41, 5.74) is 1.45. The number of fused-ring (bicyclic) bond motifs is 2. The molecule has 1 N–H and O–H groups in total. The highest BCUT2D eigenvalue weighted by Gasteiger charge is 2.74. The zero-order valence-electron chi connectivity index (χ0n) is 19.9. The minimum atomic E-state index is -0.985. The zero-order chi connectivity index (χ0) is 25.1. The van der Waals surface area contributed by atoms with Crippen molar-refractivity contribution in [1.82, 2.24) is 4.90 Å². The van der Waals surface area contributed by atoms with Crippen molar-refractivity contribution in [2.45, 2.75) is 48.8 Å². The third-order valence-electron chi connectivity index (χ3n) is 7.78. The van der Waals surface area contributed by atoms with E-state index in [4.69, 9.17) is 16.3 Å². The van der Waals surface area contributed by atoms with E-state index >= 15 is 0 Å². The van der Waals surface area contributed by atoms with Crippen molar-refractivity contribution in [3.63, 3.8) is 0 Å². The average Bonchev–Trinajstić information content (AvgIpc) is 3.07. The Kier molecular flexibility index (Phi) is 6.05. The van der Waals surface area contributed by atoms with Crippen LogP contribution < -0.4 is 4.90 Å². The first kappa shape index (κ1) is 24.4. The van der Waals surface area contributed by atoms with Crippen molar-refractivity contribution < 1.29 is 24.2 Å². The third kappa shape index (κ3) is 3.40. The number of para-hydroxylation sites is 1. The normalized spacial score (nSPS) is 34.8. The molecule has 2 saturated heterocycles. The number of aliphatic hydroxyl groups excluding tert-OH is 1. The SMILES string of the molecule is CC[C@@H](CO)N1C(=O)[C@@H]2[C@@H]3C(=O)OCC=C[C@]3(C)S[C@@]23C=CCN(c2c(C)cccc2Cl)C(=O)C13. The second-order valence-corrected chi connectivity index (χ2v) is 12.0. The molecule has 0 radical (unpaired) electrons. The van der Waals surface area contributed by atoms with E-state index in [2.05, 4.69) is 0 Å². The van der Waals surface area contributed by atoms with Gasteiger partial charge in [0.05, 0.1) is 39.9 Å². The first-order chi connectivity index (χ1) is 16.7. The molecular formula is C26H29ClN2O5S. The van der Waals surface area contributed by atoms with Gasteiger partial charge < -0.3 is 19.6 Å². The number of anilines is 1. The molecule has 35 heavy (non-hydrogen) atoms. The lowest BCUT2D eigenvalue weighted by molar-refractivity contribution is -0.153. The number of aryl methyl sites for hydroxylation is 1. The lowest BCUT2D eigenvalue weighted by Crippen LogP contribution is -2.57. The fourth-order valence-electron chi connectivity index (χ4n) is 6.27. The van der Waals surface area contributed by atoms with Gasteiger partial charge in [-0.1, -0.05) is 48.9 Å². The van der Waals surface area contributed by atoms with Gasteiger partial charge in [0.15, 0.2) is 0 Å². The maximum Gasteiger partial charge on any atom is 0.311 e. The molecule has 5 rings (SSSR count). The van der Waals surface area contributed by atoms with E-state index in [0.29, 0.717) is 17.1 Å². The number of esters is 1. The Morgan fingerprint density at radius 2 is 1.97 bits per heavy atom. The molecule has 0 aromatic heterocycles. The van der Waals surface area contributed by atoms with Crippen molar-refractivity contribution in [3.05, 3.63) is 53.1 Å². The molecule has 4 heterocycles. The molecule has 2 fully saturated rings. The Morgan fingerprint density at radius 1 is 1.20 bits per heavy atom. The van der Waals surface area contributed by atoms with Crippen molar-refractivity contribution in [2.24, 2.45) is 11.8 Å². The van der Waals surface area contributed by atoms with Crippen LogP contribution in [0.4, 0.5) is 5.69 Å². The molecule has 1 spiro atoms. The summed E-state index contributed by atoms with van der Waals surface area (Å²) in [5.74, 6) is -2.51. The summed E-state index contributed by atoms with van der Waals surface area (Å²) in [7, 11) is 0. The molecule has 6 atom stereocenters. The van der Waals surface area contributed by atoms with Gasteiger partial charge in [-0.15, -0.1) is 11.8 Å². The van der Waals surface area contributed by atoms with Gasteiger partial charge in [-0.25, -0.2) is 0 Å². The summed E-state index contributed by atoms with van der Waals surface area (Å²) >= 11 is 8.05.